The molecule has 17 heavy (non-hydrogen) atoms. The summed E-state index contributed by atoms with van der Waals surface area (Å²) in [5.41, 5.74) is 1.17. The van der Waals surface area contributed by atoms with Crippen molar-refractivity contribution in [1.29, 1.82) is 0 Å². The Morgan fingerprint density at radius 1 is 1.18 bits per heavy atom. The second-order valence-electron chi connectivity index (χ2n) is 3.62. The van der Waals surface area contributed by atoms with Crippen LogP contribution in [0.25, 0.3) is 10.7 Å². The third-order valence-corrected chi connectivity index (χ3v) is 3.26. The maximum atomic E-state index is 4.47. The van der Waals surface area contributed by atoms with Crippen LogP contribution in [0.3, 0.4) is 0 Å². The van der Waals surface area contributed by atoms with Crippen LogP contribution in [0.2, 0.25) is 0 Å². The van der Waals surface area contributed by atoms with Crippen LogP contribution in [0, 0.1) is 0 Å². The Kier molecular flexibility index (Phi) is 2.67. The smallest absolute Gasteiger partial charge is 0.191 e. The van der Waals surface area contributed by atoms with Gasteiger partial charge in [0.1, 0.15) is 5.82 Å². The SMILES string of the molecule is c1csc(-c2n[nH]c(Cc3ccncc3)n2)c1. The van der Waals surface area contributed by atoms with Crippen molar-refractivity contribution < 1.29 is 0 Å². The van der Waals surface area contributed by atoms with Crippen LogP contribution < -0.4 is 0 Å². The van der Waals surface area contributed by atoms with E-state index in [1.165, 1.54) is 5.56 Å². The number of H-pyrrole nitrogens is 1. The fraction of sp³-hybridized carbons (Fsp3) is 0.0833. The van der Waals surface area contributed by atoms with Crippen LogP contribution in [0.15, 0.2) is 42.0 Å². The maximum Gasteiger partial charge on any atom is 0.191 e. The highest BCUT2D eigenvalue weighted by molar-refractivity contribution is 7.13. The van der Waals surface area contributed by atoms with E-state index in [1.54, 1.807) is 23.7 Å². The highest BCUT2D eigenvalue weighted by Gasteiger charge is 2.06. The summed E-state index contributed by atoms with van der Waals surface area (Å²) in [6.07, 6.45) is 4.32. The molecule has 0 saturated carbocycles. The summed E-state index contributed by atoms with van der Waals surface area (Å²) in [5, 5.41) is 9.20. The van der Waals surface area contributed by atoms with Crippen molar-refractivity contribution in [3.63, 3.8) is 0 Å². The molecule has 3 aromatic heterocycles. The second-order valence-corrected chi connectivity index (χ2v) is 4.56. The molecule has 5 heteroatoms. The molecule has 0 spiro atoms. The normalized spacial score (nSPS) is 10.6. The van der Waals surface area contributed by atoms with E-state index in [2.05, 4.69) is 20.2 Å². The highest BCUT2D eigenvalue weighted by Crippen LogP contribution is 2.20. The molecule has 0 atom stereocenters. The van der Waals surface area contributed by atoms with Crippen molar-refractivity contribution in [2.45, 2.75) is 6.42 Å². The molecule has 84 valence electrons. The van der Waals surface area contributed by atoms with Gasteiger partial charge in [0.15, 0.2) is 5.82 Å². The Balaban J connectivity index is 1.82. The van der Waals surface area contributed by atoms with Crippen LogP contribution in [-0.2, 0) is 6.42 Å². The van der Waals surface area contributed by atoms with Gasteiger partial charge in [-0.1, -0.05) is 6.07 Å². The van der Waals surface area contributed by atoms with E-state index < -0.39 is 0 Å². The number of hydrogen-bond acceptors (Lipinski definition) is 4. The first kappa shape index (κ1) is 10.2. The predicted octanol–water partition coefficient (Wildman–Crippen LogP) is 2.52. The van der Waals surface area contributed by atoms with E-state index in [9.17, 15) is 0 Å². The summed E-state index contributed by atoms with van der Waals surface area (Å²) in [4.78, 5) is 9.55. The van der Waals surface area contributed by atoms with Crippen LogP contribution in [0.5, 0.6) is 0 Å². The van der Waals surface area contributed by atoms with E-state index in [0.717, 1.165) is 22.9 Å². The Bertz CT molecular complexity index is 586. The largest absolute Gasteiger partial charge is 0.265 e. The molecule has 4 nitrogen and oxygen atoms in total. The van der Waals surface area contributed by atoms with Gasteiger partial charge < -0.3 is 0 Å². The molecular formula is C12H10N4S. The first-order chi connectivity index (χ1) is 8.42. The van der Waals surface area contributed by atoms with Gasteiger partial charge in [-0.3, -0.25) is 10.1 Å². The van der Waals surface area contributed by atoms with Crippen LogP contribution in [0.1, 0.15) is 11.4 Å². The van der Waals surface area contributed by atoms with Gasteiger partial charge in [-0.15, -0.1) is 11.3 Å². The maximum absolute atomic E-state index is 4.47. The number of hydrogen-bond donors (Lipinski definition) is 1. The van der Waals surface area contributed by atoms with Gasteiger partial charge in [-0.25, -0.2) is 4.98 Å². The Labute approximate surface area is 102 Å². The molecule has 3 aromatic rings. The summed E-state index contributed by atoms with van der Waals surface area (Å²) in [7, 11) is 0. The summed E-state index contributed by atoms with van der Waals surface area (Å²) < 4.78 is 0. The summed E-state index contributed by atoms with van der Waals surface area (Å²) in [6.45, 7) is 0. The van der Waals surface area contributed by atoms with Crippen LogP contribution in [-0.4, -0.2) is 20.2 Å². The molecule has 0 amide bonds. The molecule has 0 aromatic carbocycles. The minimum atomic E-state index is 0.751. The molecule has 3 heterocycles. The fourth-order valence-corrected chi connectivity index (χ4v) is 2.24. The number of nitrogens with one attached hydrogen (secondary N) is 1. The van der Waals surface area contributed by atoms with Gasteiger partial charge >= 0.3 is 0 Å². The number of nitrogens with zero attached hydrogens (tertiary/aromatic N) is 3. The third-order valence-electron chi connectivity index (χ3n) is 2.39. The number of aromatic nitrogens is 4. The van der Waals surface area contributed by atoms with E-state index in [4.69, 9.17) is 0 Å². The van der Waals surface area contributed by atoms with Gasteiger partial charge in [-0.2, -0.15) is 5.10 Å². The van der Waals surface area contributed by atoms with Crippen molar-refractivity contribution in [3.05, 3.63) is 53.4 Å². The average Bonchev–Trinajstić information content (AvgIpc) is 3.00. The first-order valence-electron chi connectivity index (χ1n) is 5.26. The molecule has 0 unspecified atom stereocenters. The van der Waals surface area contributed by atoms with E-state index in [-0.39, 0.29) is 0 Å². The number of pyridine rings is 1. The number of aromatic amines is 1. The van der Waals surface area contributed by atoms with Crippen molar-refractivity contribution in [2.75, 3.05) is 0 Å². The zero-order valence-electron chi connectivity index (χ0n) is 9.00. The third kappa shape index (κ3) is 2.24. The van der Waals surface area contributed by atoms with Crippen LogP contribution >= 0.6 is 11.3 Å². The molecule has 0 aliphatic carbocycles. The van der Waals surface area contributed by atoms with Crippen molar-refractivity contribution in [1.82, 2.24) is 20.2 Å². The van der Waals surface area contributed by atoms with Gasteiger partial charge in [0.25, 0.3) is 0 Å². The topological polar surface area (TPSA) is 54.5 Å². The minimum absolute atomic E-state index is 0.751. The molecule has 0 saturated heterocycles. The summed E-state index contributed by atoms with van der Waals surface area (Å²) in [6, 6.07) is 7.98. The fourth-order valence-electron chi connectivity index (χ4n) is 1.58. The standard InChI is InChI=1S/C12H10N4S/c1-2-10(17-7-1)12-14-11(15-16-12)8-9-3-5-13-6-4-9/h1-7H,8H2,(H,14,15,16). The van der Waals surface area contributed by atoms with Gasteiger partial charge in [0.2, 0.25) is 0 Å². The first-order valence-corrected chi connectivity index (χ1v) is 6.14. The second kappa shape index (κ2) is 4.47. The van der Waals surface area contributed by atoms with Gasteiger partial charge in [0, 0.05) is 18.8 Å². The van der Waals surface area contributed by atoms with E-state index in [0.29, 0.717) is 0 Å². The van der Waals surface area contributed by atoms with E-state index in [1.807, 2.05) is 29.6 Å². The Morgan fingerprint density at radius 3 is 2.82 bits per heavy atom. The quantitative estimate of drug-likeness (QED) is 0.767. The lowest BCUT2D eigenvalue weighted by Gasteiger charge is -1.95. The lowest BCUT2D eigenvalue weighted by Crippen LogP contribution is -1.90. The molecule has 0 radical (unpaired) electrons. The molecule has 0 bridgehead atoms. The molecule has 0 aliphatic heterocycles. The van der Waals surface area contributed by atoms with E-state index >= 15 is 0 Å². The zero-order chi connectivity index (χ0) is 11.5. The monoisotopic (exact) mass is 242 g/mol. The van der Waals surface area contributed by atoms with Gasteiger partial charge in [-0.05, 0) is 29.1 Å². The molecular weight excluding hydrogens is 232 g/mol. The van der Waals surface area contributed by atoms with Crippen molar-refractivity contribution in [2.24, 2.45) is 0 Å². The van der Waals surface area contributed by atoms with Gasteiger partial charge in [0.05, 0.1) is 4.88 Å². The Morgan fingerprint density at radius 2 is 2.06 bits per heavy atom. The molecule has 0 fully saturated rings. The number of rotatable bonds is 3. The Hall–Kier alpha value is -2.01. The lowest BCUT2D eigenvalue weighted by atomic mass is 10.2. The van der Waals surface area contributed by atoms with Crippen molar-refractivity contribution >= 4 is 11.3 Å². The minimum Gasteiger partial charge on any atom is -0.265 e. The summed E-state index contributed by atoms with van der Waals surface area (Å²) >= 11 is 1.64. The average molecular weight is 242 g/mol. The van der Waals surface area contributed by atoms with Crippen molar-refractivity contribution in [3.8, 4) is 10.7 Å². The highest BCUT2D eigenvalue weighted by atomic mass is 32.1. The molecule has 0 aliphatic rings. The van der Waals surface area contributed by atoms with Crippen LogP contribution in [0.4, 0.5) is 0 Å². The summed E-state index contributed by atoms with van der Waals surface area (Å²) in [5.74, 6) is 1.64. The lowest BCUT2D eigenvalue weighted by molar-refractivity contribution is 0.970. The number of thiophene rings is 1. The zero-order valence-corrected chi connectivity index (χ0v) is 9.81. The molecule has 3 rings (SSSR count). The predicted molar refractivity (Wildman–Crippen MR) is 66.7 cm³/mol. The molecule has 1 N–H and O–H groups in total.